The molecule has 1 aromatic carbocycles. The van der Waals surface area contributed by atoms with Crippen LogP contribution in [-0.2, 0) is 14.6 Å². The predicted molar refractivity (Wildman–Crippen MR) is 70.1 cm³/mol. The van der Waals surface area contributed by atoms with Gasteiger partial charge in [0.25, 0.3) is 0 Å². The number of nitrogens with two attached hydrogens (primary N) is 1. The smallest absolute Gasteiger partial charge is 0.182 e. The highest BCUT2D eigenvalue weighted by molar-refractivity contribution is 7.91. The summed E-state index contributed by atoms with van der Waals surface area (Å²) < 4.78 is 42.9. The first-order valence-electron chi connectivity index (χ1n) is 6.07. The lowest BCUT2D eigenvalue weighted by atomic mass is 10.3. The van der Waals surface area contributed by atoms with Crippen LogP contribution in [0.2, 0.25) is 0 Å². The largest absolute Gasteiger partial charge is 0.399 e. The van der Waals surface area contributed by atoms with E-state index in [1.807, 2.05) is 4.90 Å². The van der Waals surface area contributed by atoms with E-state index in [-0.39, 0.29) is 16.3 Å². The number of hydrogen-bond acceptors (Lipinski definition) is 5. The molecule has 0 unspecified atom stereocenters. The Morgan fingerprint density at radius 3 is 2.63 bits per heavy atom. The van der Waals surface area contributed by atoms with Gasteiger partial charge in [0, 0.05) is 25.3 Å². The molecular formula is C12H17FN2O3S. The van der Waals surface area contributed by atoms with Crippen LogP contribution < -0.4 is 5.73 Å². The minimum Gasteiger partial charge on any atom is -0.399 e. The molecule has 1 fully saturated rings. The number of benzene rings is 1. The van der Waals surface area contributed by atoms with Gasteiger partial charge >= 0.3 is 0 Å². The summed E-state index contributed by atoms with van der Waals surface area (Å²) in [7, 11) is -3.62. The summed E-state index contributed by atoms with van der Waals surface area (Å²) in [5.41, 5.74) is 5.62. The Morgan fingerprint density at radius 1 is 1.32 bits per heavy atom. The van der Waals surface area contributed by atoms with Gasteiger partial charge in [-0.2, -0.15) is 0 Å². The Hall–Kier alpha value is -1.18. The normalized spacial score (nSPS) is 17.5. The molecule has 19 heavy (non-hydrogen) atoms. The Morgan fingerprint density at radius 2 is 2.00 bits per heavy atom. The zero-order chi connectivity index (χ0) is 13.9. The minimum absolute atomic E-state index is 0.103. The quantitative estimate of drug-likeness (QED) is 0.818. The van der Waals surface area contributed by atoms with Crippen molar-refractivity contribution >= 4 is 15.5 Å². The molecule has 2 rings (SSSR count). The number of morpholine rings is 1. The van der Waals surface area contributed by atoms with Crippen LogP contribution in [0.15, 0.2) is 23.1 Å². The fraction of sp³-hybridized carbons (Fsp3) is 0.500. The maximum atomic E-state index is 13.6. The molecule has 0 bridgehead atoms. The molecule has 0 aromatic heterocycles. The van der Waals surface area contributed by atoms with Crippen LogP contribution in [0.5, 0.6) is 0 Å². The zero-order valence-electron chi connectivity index (χ0n) is 10.5. The molecular weight excluding hydrogens is 271 g/mol. The van der Waals surface area contributed by atoms with Crippen LogP contribution in [0, 0.1) is 5.82 Å². The minimum atomic E-state index is -3.62. The summed E-state index contributed by atoms with van der Waals surface area (Å²) in [5.74, 6) is -0.893. The molecule has 1 heterocycles. The lowest BCUT2D eigenvalue weighted by Gasteiger charge is -2.26. The molecule has 1 aliphatic heterocycles. The Bertz CT molecular complexity index is 542. The highest BCUT2D eigenvalue weighted by Crippen LogP contribution is 2.18. The van der Waals surface area contributed by atoms with E-state index >= 15 is 0 Å². The van der Waals surface area contributed by atoms with Crippen molar-refractivity contribution in [2.24, 2.45) is 0 Å². The van der Waals surface area contributed by atoms with E-state index in [9.17, 15) is 12.8 Å². The first-order chi connectivity index (χ1) is 8.99. The second-order valence-electron chi connectivity index (χ2n) is 4.46. The van der Waals surface area contributed by atoms with Gasteiger partial charge in [-0.3, -0.25) is 4.90 Å². The Kier molecular flexibility index (Phi) is 4.38. The van der Waals surface area contributed by atoms with Crippen molar-refractivity contribution in [1.82, 2.24) is 4.90 Å². The van der Waals surface area contributed by atoms with Gasteiger partial charge in [-0.1, -0.05) is 0 Å². The molecule has 0 radical (unpaired) electrons. The van der Waals surface area contributed by atoms with E-state index < -0.39 is 15.7 Å². The summed E-state index contributed by atoms with van der Waals surface area (Å²) in [4.78, 5) is 1.71. The van der Waals surface area contributed by atoms with Gasteiger partial charge < -0.3 is 10.5 Å². The van der Waals surface area contributed by atoms with Crippen LogP contribution >= 0.6 is 0 Å². The molecule has 5 nitrogen and oxygen atoms in total. The number of sulfone groups is 1. The summed E-state index contributed by atoms with van der Waals surface area (Å²) in [5, 5.41) is 0. The summed E-state index contributed by atoms with van der Waals surface area (Å²) in [6.45, 7) is 3.02. The maximum Gasteiger partial charge on any atom is 0.182 e. The van der Waals surface area contributed by atoms with E-state index in [0.717, 1.165) is 6.07 Å². The molecule has 1 aromatic rings. The maximum absolute atomic E-state index is 13.6. The van der Waals surface area contributed by atoms with Crippen LogP contribution in [-0.4, -0.2) is 51.9 Å². The molecule has 0 spiro atoms. The fourth-order valence-electron chi connectivity index (χ4n) is 1.95. The Labute approximate surface area is 112 Å². The number of anilines is 1. The third-order valence-electron chi connectivity index (χ3n) is 3.07. The van der Waals surface area contributed by atoms with E-state index in [4.69, 9.17) is 10.5 Å². The lowest BCUT2D eigenvalue weighted by Crippen LogP contribution is -2.39. The second kappa shape index (κ2) is 5.85. The molecule has 0 amide bonds. The third kappa shape index (κ3) is 3.65. The number of nitrogens with zero attached hydrogens (tertiary/aromatic N) is 1. The summed E-state index contributed by atoms with van der Waals surface area (Å²) in [6, 6.07) is 3.64. The SMILES string of the molecule is Nc1ccc(S(=O)(=O)CCN2CCOCC2)c(F)c1. The van der Waals surface area contributed by atoms with Crippen molar-refractivity contribution < 1.29 is 17.5 Å². The van der Waals surface area contributed by atoms with Crippen LogP contribution in [0.4, 0.5) is 10.1 Å². The molecule has 1 saturated heterocycles. The molecule has 0 atom stereocenters. The van der Waals surface area contributed by atoms with Crippen molar-refractivity contribution in [3.8, 4) is 0 Å². The number of hydrogen-bond donors (Lipinski definition) is 1. The first kappa shape index (κ1) is 14.2. The highest BCUT2D eigenvalue weighted by atomic mass is 32.2. The van der Waals surface area contributed by atoms with Gasteiger partial charge in [0.1, 0.15) is 10.7 Å². The predicted octanol–water partition coefficient (Wildman–Crippen LogP) is 0.514. The summed E-state index contributed by atoms with van der Waals surface area (Å²) in [6.07, 6.45) is 0. The standard InChI is InChI=1S/C12H17FN2O3S/c13-11-9-10(14)1-2-12(11)19(16,17)8-5-15-3-6-18-7-4-15/h1-2,9H,3-8,14H2. The average Bonchev–Trinajstić information content (AvgIpc) is 2.37. The number of nitrogen functional groups attached to an aromatic ring is 1. The van der Waals surface area contributed by atoms with Gasteiger partial charge in [-0.15, -0.1) is 0 Å². The number of rotatable bonds is 4. The van der Waals surface area contributed by atoms with Crippen molar-refractivity contribution in [3.05, 3.63) is 24.0 Å². The monoisotopic (exact) mass is 288 g/mol. The molecule has 106 valence electrons. The van der Waals surface area contributed by atoms with E-state index in [1.165, 1.54) is 12.1 Å². The Balaban J connectivity index is 2.05. The highest BCUT2D eigenvalue weighted by Gasteiger charge is 2.21. The molecule has 0 aliphatic carbocycles. The third-order valence-corrected chi connectivity index (χ3v) is 4.79. The zero-order valence-corrected chi connectivity index (χ0v) is 11.3. The van der Waals surface area contributed by atoms with E-state index in [0.29, 0.717) is 32.8 Å². The van der Waals surface area contributed by atoms with Crippen molar-refractivity contribution in [3.63, 3.8) is 0 Å². The first-order valence-corrected chi connectivity index (χ1v) is 7.72. The molecule has 7 heteroatoms. The van der Waals surface area contributed by atoms with Gasteiger partial charge in [0.05, 0.1) is 19.0 Å². The topological polar surface area (TPSA) is 72.6 Å². The van der Waals surface area contributed by atoms with Crippen LogP contribution in [0.25, 0.3) is 0 Å². The van der Waals surface area contributed by atoms with Crippen LogP contribution in [0.3, 0.4) is 0 Å². The van der Waals surface area contributed by atoms with Gasteiger partial charge in [0.15, 0.2) is 9.84 Å². The van der Waals surface area contributed by atoms with Gasteiger partial charge in [0.2, 0.25) is 0 Å². The fourth-order valence-corrected chi connectivity index (χ4v) is 3.30. The molecule has 2 N–H and O–H groups in total. The van der Waals surface area contributed by atoms with E-state index in [1.54, 1.807) is 0 Å². The van der Waals surface area contributed by atoms with Gasteiger partial charge in [-0.25, -0.2) is 12.8 Å². The van der Waals surface area contributed by atoms with Crippen molar-refractivity contribution in [2.75, 3.05) is 44.3 Å². The van der Waals surface area contributed by atoms with Crippen LogP contribution in [0.1, 0.15) is 0 Å². The van der Waals surface area contributed by atoms with E-state index in [2.05, 4.69) is 0 Å². The number of halogens is 1. The number of ether oxygens (including phenoxy) is 1. The average molecular weight is 288 g/mol. The van der Waals surface area contributed by atoms with Gasteiger partial charge in [-0.05, 0) is 18.2 Å². The van der Waals surface area contributed by atoms with Crippen molar-refractivity contribution in [1.29, 1.82) is 0 Å². The van der Waals surface area contributed by atoms with Crippen molar-refractivity contribution in [2.45, 2.75) is 4.90 Å². The lowest BCUT2D eigenvalue weighted by molar-refractivity contribution is 0.0408. The summed E-state index contributed by atoms with van der Waals surface area (Å²) >= 11 is 0. The second-order valence-corrected chi connectivity index (χ2v) is 6.54. The molecule has 0 saturated carbocycles. The molecule has 1 aliphatic rings.